The molecule has 0 heterocycles. The molecule has 2 N–H and O–H groups in total. The van der Waals surface area contributed by atoms with Crippen molar-refractivity contribution in [1.82, 2.24) is 5.48 Å². The van der Waals surface area contributed by atoms with E-state index in [1.165, 1.54) is 5.57 Å². The summed E-state index contributed by atoms with van der Waals surface area (Å²) in [6.45, 7) is 16.5. The van der Waals surface area contributed by atoms with Crippen LogP contribution in [-0.2, 0) is 21.0 Å². The van der Waals surface area contributed by atoms with E-state index in [4.69, 9.17) is 4.84 Å². The molecule has 1 aromatic rings. The lowest BCUT2D eigenvalue weighted by Crippen LogP contribution is -2.66. The number of ketones is 1. The molecule has 0 aromatic heterocycles. The summed E-state index contributed by atoms with van der Waals surface area (Å²) in [5.41, 5.74) is 4.17. The average Bonchev–Trinajstić information content (AvgIpc) is 2.93. The van der Waals surface area contributed by atoms with E-state index >= 15 is 0 Å². The van der Waals surface area contributed by atoms with Crippen molar-refractivity contribution >= 4 is 11.7 Å². The molecule has 0 saturated heterocycles. The highest BCUT2D eigenvalue weighted by molar-refractivity contribution is 5.95. The number of aliphatic hydroxyl groups excluding tert-OH is 1. The molecule has 5 heteroatoms. The molecule has 5 aliphatic carbocycles. The second kappa shape index (κ2) is 9.76. The van der Waals surface area contributed by atoms with Crippen molar-refractivity contribution in [2.45, 2.75) is 119 Å². The number of rotatable bonds is 4. The molecule has 0 radical (unpaired) electrons. The third kappa shape index (κ3) is 4.15. The zero-order valence-electron chi connectivity index (χ0n) is 27.0. The van der Waals surface area contributed by atoms with Crippen molar-refractivity contribution in [3.63, 3.8) is 0 Å². The zero-order chi connectivity index (χ0) is 30.3. The minimum Gasteiger partial charge on any atom is -0.393 e. The fraction of sp³-hybridized carbons (Fsp3) is 0.730. The molecule has 9 atom stereocenters. The summed E-state index contributed by atoms with van der Waals surface area (Å²) < 4.78 is 0. The van der Waals surface area contributed by atoms with Gasteiger partial charge in [0.25, 0.3) is 0 Å². The highest BCUT2D eigenvalue weighted by Crippen LogP contribution is 2.75. The topological polar surface area (TPSA) is 75.6 Å². The van der Waals surface area contributed by atoms with Gasteiger partial charge in [-0.2, -0.15) is 0 Å². The van der Waals surface area contributed by atoms with Gasteiger partial charge in [0.2, 0.25) is 5.91 Å². The van der Waals surface area contributed by atoms with Crippen molar-refractivity contribution < 1.29 is 19.5 Å². The summed E-state index contributed by atoms with van der Waals surface area (Å²) in [5, 5.41) is 11.0. The summed E-state index contributed by atoms with van der Waals surface area (Å²) in [5.74, 6) is 0.762. The lowest BCUT2D eigenvalue weighted by atomic mass is 9.33. The second-order valence-corrected chi connectivity index (χ2v) is 16.8. The van der Waals surface area contributed by atoms with E-state index in [2.05, 4.69) is 60.0 Å². The van der Waals surface area contributed by atoms with Gasteiger partial charge in [-0.3, -0.25) is 14.4 Å². The Bertz CT molecular complexity index is 1290. The lowest BCUT2D eigenvalue weighted by molar-refractivity contribution is -0.202. The smallest absolute Gasteiger partial charge is 0.249 e. The Morgan fingerprint density at radius 3 is 2.33 bits per heavy atom. The Hall–Kier alpha value is -1.98. The first-order valence-corrected chi connectivity index (χ1v) is 16.5. The van der Waals surface area contributed by atoms with Gasteiger partial charge in [0.1, 0.15) is 0 Å². The maximum absolute atomic E-state index is 14.5. The van der Waals surface area contributed by atoms with Crippen LogP contribution in [0.25, 0.3) is 0 Å². The molecule has 1 aromatic carbocycles. The third-order valence-electron chi connectivity index (χ3n) is 14.3. The van der Waals surface area contributed by atoms with Gasteiger partial charge in [0, 0.05) is 11.3 Å². The summed E-state index contributed by atoms with van der Waals surface area (Å²) in [6.07, 6.45) is 10.3. The highest BCUT2D eigenvalue weighted by atomic mass is 16.6. The molecule has 0 aliphatic heterocycles. The fourth-order valence-corrected chi connectivity index (χ4v) is 11.3. The summed E-state index contributed by atoms with van der Waals surface area (Å²) in [7, 11) is 0. The number of fused-ring (bicyclic) bond motifs is 7. The van der Waals surface area contributed by atoms with Crippen molar-refractivity contribution in [1.29, 1.82) is 0 Å². The van der Waals surface area contributed by atoms with Gasteiger partial charge in [-0.15, -0.1) is 0 Å². The standard InChI is InChI=1S/C37H53NO4/c1-32(2)28-13-16-37(7)30(35(28,5)15-14-29(32)40)27(39)21-25-26-22-34(4,18-17-33(26,3)19-20-36(25,37)6)31(41)38-42-23-24-11-9-8-10-12-24/h8-12,21,26,28-30,40H,13-20,22-23H2,1-7H3,(H,38,41)/t26-,28?,29-,30+,33+,34-,35-,36+,37+/m0/s1. The molecule has 4 fully saturated rings. The van der Waals surface area contributed by atoms with E-state index in [1.54, 1.807) is 0 Å². The zero-order valence-corrected chi connectivity index (χ0v) is 27.0. The molecule has 42 heavy (non-hydrogen) atoms. The van der Waals surface area contributed by atoms with E-state index in [-0.39, 0.29) is 50.9 Å². The van der Waals surface area contributed by atoms with Crippen molar-refractivity contribution in [3.8, 4) is 0 Å². The fourth-order valence-electron chi connectivity index (χ4n) is 11.3. The molecule has 5 nitrogen and oxygen atoms in total. The number of amides is 1. The second-order valence-electron chi connectivity index (χ2n) is 16.8. The number of aliphatic hydroxyl groups is 1. The van der Waals surface area contributed by atoms with E-state index in [0.717, 1.165) is 63.4 Å². The van der Waals surface area contributed by atoms with E-state index in [1.807, 2.05) is 30.3 Å². The molecule has 230 valence electrons. The Kier molecular flexibility index (Phi) is 6.99. The minimum atomic E-state index is -0.548. The van der Waals surface area contributed by atoms with Gasteiger partial charge in [-0.1, -0.05) is 84.4 Å². The molecule has 0 bridgehead atoms. The minimum absolute atomic E-state index is 0.0294. The highest BCUT2D eigenvalue weighted by Gasteiger charge is 2.70. The Morgan fingerprint density at radius 1 is 0.929 bits per heavy atom. The van der Waals surface area contributed by atoms with Crippen LogP contribution in [-0.4, -0.2) is 22.9 Å². The normalized spacial score (nSPS) is 45.9. The van der Waals surface area contributed by atoms with Gasteiger partial charge in [0.05, 0.1) is 12.7 Å². The Morgan fingerprint density at radius 2 is 1.62 bits per heavy atom. The van der Waals surface area contributed by atoms with Crippen LogP contribution in [0, 0.1) is 50.2 Å². The molecule has 1 amide bonds. The first kappa shape index (κ1) is 30.1. The third-order valence-corrected chi connectivity index (χ3v) is 14.3. The molecule has 0 spiro atoms. The number of carbonyl (C=O) groups excluding carboxylic acids is 2. The van der Waals surface area contributed by atoms with Crippen molar-refractivity contribution in [3.05, 3.63) is 47.5 Å². The van der Waals surface area contributed by atoms with Gasteiger partial charge in [-0.05, 0) is 108 Å². The quantitative estimate of drug-likeness (QED) is 0.363. The maximum Gasteiger partial charge on any atom is 0.249 e. The summed E-state index contributed by atoms with van der Waals surface area (Å²) in [6, 6.07) is 9.90. The number of allylic oxidation sites excluding steroid dienone is 2. The number of hydrogen-bond acceptors (Lipinski definition) is 4. The molecule has 4 saturated carbocycles. The lowest BCUT2D eigenvalue weighted by Gasteiger charge is -2.70. The van der Waals surface area contributed by atoms with Gasteiger partial charge in [-0.25, -0.2) is 5.48 Å². The van der Waals surface area contributed by atoms with Crippen molar-refractivity contribution in [2.75, 3.05) is 0 Å². The Balaban J connectivity index is 1.30. The summed E-state index contributed by atoms with van der Waals surface area (Å²) in [4.78, 5) is 33.8. The van der Waals surface area contributed by atoms with Gasteiger partial charge < -0.3 is 5.11 Å². The van der Waals surface area contributed by atoms with Crippen LogP contribution < -0.4 is 5.48 Å². The number of nitrogens with one attached hydrogen (secondary N) is 1. The molecule has 5 aliphatic rings. The first-order valence-electron chi connectivity index (χ1n) is 16.5. The largest absolute Gasteiger partial charge is 0.393 e. The van der Waals surface area contributed by atoms with E-state index < -0.39 is 5.41 Å². The van der Waals surface area contributed by atoms with Crippen LogP contribution in [0.4, 0.5) is 0 Å². The van der Waals surface area contributed by atoms with Crippen LogP contribution in [0.15, 0.2) is 42.0 Å². The molecule has 1 unspecified atom stereocenters. The van der Waals surface area contributed by atoms with E-state index in [9.17, 15) is 14.7 Å². The van der Waals surface area contributed by atoms with Crippen LogP contribution in [0.3, 0.4) is 0 Å². The first-order chi connectivity index (χ1) is 19.6. The average molecular weight is 576 g/mol. The van der Waals surface area contributed by atoms with E-state index in [0.29, 0.717) is 18.3 Å². The van der Waals surface area contributed by atoms with Crippen LogP contribution in [0.5, 0.6) is 0 Å². The van der Waals surface area contributed by atoms with Crippen molar-refractivity contribution in [2.24, 2.45) is 50.2 Å². The molecular formula is C37H53NO4. The monoisotopic (exact) mass is 575 g/mol. The van der Waals surface area contributed by atoms with Crippen LogP contribution in [0.2, 0.25) is 0 Å². The summed E-state index contributed by atoms with van der Waals surface area (Å²) >= 11 is 0. The SMILES string of the molecule is CC1(C)C2CC[C@]3(C)[C@H](C(=O)C=C4[C@@H]5C[C@@](C)(C(=O)NOCc6ccccc6)CC[C@]5(C)CC[C@]43C)[C@@]2(C)CC[C@@H]1O. The number of benzene rings is 1. The molecular weight excluding hydrogens is 522 g/mol. The number of carbonyl (C=O) groups is 2. The predicted molar refractivity (Wildman–Crippen MR) is 165 cm³/mol. The number of hydroxylamine groups is 1. The Labute approximate surface area is 253 Å². The number of hydrogen-bond donors (Lipinski definition) is 2. The maximum atomic E-state index is 14.5. The molecule has 6 rings (SSSR count). The van der Waals surface area contributed by atoms with Crippen LogP contribution in [0.1, 0.15) is 112 Å². The van der Waals surface area contributed by atoms with Gasteiger partial charge >= 0.3 is 0 Å². The van der Waals surface area contributed by atoms with Crippen LogP contribution >= 0.6 is 0 Å². The van der Waals surface area contributed by atoms with Gasteiger partial charge in [0.15, 0.2) is 5.78 Å². The predicted octanol–water partition coefficient (Wildman–Crippen LogP) is 7.58.